The van der Waals surface area contributed by atoms with Crippen LogP contribution in [0, 0.1) is 0 Å². The van der Waals surface area contributed by atoms with Gasteiger partial charge in [-0.2, -0.15) is 13.2 Å². The molecule has 3 amide bonds. The van der Waals surface area contributed by atoms with Crippen molar-refractivity contribution in [3.8, 4) is 17.0 Å². The number of amides is 3. The van der Waals surface area contributed by atoms with Crippen molar-refractivity contribution in [1.29, 1.82) is 0 Å². The number of rotatable bonds is 13. The lowest BCUT2D eigenvalue weighted by molar-refractivity contribution is -0.184. The Morgan fingerprint density at radius 3 is 2.44 bits per heavy atom. The highest BCUT2D eigenvalue weighted by Crippen LogP contribution is 2.36. The van der Waals surface area contributed by atoms with E-state index in [0.717, 1.165) is 64.6 Å². The molecule has 12 nitrogen and oxygen atoms in total. The molecule has 1 aliphatic carbocycles. The number of alkyl halides is 3. The average Bonchev–Trinajstić information content (AvgIpc) is 3.66. The van der Waals surface area contributed by atoms with Crippen molar-refractivity contribution < 1.29 is 37.0 Å². The summed E-state index contributed by atoms with van der Waals surface area (Å²) >= 11 is 0. The Morgan fingerprint density at radius 1 is 0.852 bits per heavy atom. The minimum atomic E-state index is -4.44. The number of aromatic nitrogens is 3. The van der Waals surface area contributed by atoms with Crippen LogP contribution in [0.4, 0.5) is 18.9 Å². The number of aryl methyl sites for hydroxylation is 1. The van der Waals surface area contributed by atoms with Gasteiger partial charge >= 0.3 is 6.18 Å². The third-order valence-corrected chi connectivity index (χ3v) is 12.7. The van der Waals surface area contributed by atoms with E-state index in [1.165, 1.54) is 22.4 Å². The molecule has 0 radical (unpaired) electrons. The normalized spacial score (nSPS) is 22.2. The first-order valence-electron chi connectivity index (χ1n) is 21.1. The summed E-state index contributed by atoms with van der Waals surface area (Å²) < 4.78 is 57.5. The fourth-order valence-electron chi connectivity index (χ4n) is 9.16. The summed E-state index contributed by atoms with van der Waals surface area (Å²) in [5.41, 5.74) is 5.58. The molecular formula is C46H48F3N7O5. The predicted octanol–water partition coefficient (Wildman–Crippen LogP) is 7.42. The molecule has 9 rings (SSSR count). The van der Waals surface area contributed by atoms with E-state index in [1.807, 2.05) is 36.8 Å². The lowest BCUT2D eigenvalue weighted by Crippen LogP contribution is -2.59. The first-order chi connectivity index (χ1) is 29.4. The number of allylic oxidation sites excluding steroid dienone is 1. The second-order valence-electron chi connectivity index (χ2n) is 16.6. The molecule has 3 aliphatic heterocycles. The Labute approximate surface area is 351 Å². The maximum atomic E-state index is 14.4. The molecule has 318 valence electrons. The van der Waals surface area contributed by atoms with Crippen LogP contribution in [0.1, 0.15) is 72.1 Å². The quantitative estimate of drug-likeness (QED) is 0.0955. The number of nitrogens with one attached hydrogen (secondary N) is 1. The molecule has 3 aromatic heterocycles. The minimum absolute atomic E-state index is 0.0448. The molecule has 1 N–H and O–H groups in total. The highest BCUT2D eigenvalue weighted by atomic mass is 19.4. The van der Waals surface area contributed by atoms with Crippen LogP contribution >= 0.6 is 0 Å². The minimum Gasteiger partial charge on any atom is -0.474 e. The van der Waals surface area contributed by atoms with Crippen LogP contribution in [-0.2, 0) is 16.6 Å². The highest BCUT2D eigenvalue weighted by molar-refractivity contribution is 6.23. The first kappa shape index (κ1) is 40.6. The fourth-order valence-corrected chi connectivity index (χ4v) is 9.16. The Balaban J connectivity index is 0.685. The number of nitrogens with zero attached hydrogens (tertiary/aromatic N) is 6. The van der Waals surface area contributed by atoms with Gasteiger partial charge < -0.3 is 24.3 Å². The molecule has 2 atom stereocenters. The third-order valence-electron chi connectivity index (χ3n) is 12.7. The zero-order valence-corrected chi connectivity index (χ0v) is 34.0. The molecular weight excluding hydrogens is 788 g/mol. The highest BCUT2D eigenvalue weighted by Gasteiger charge is 2.47. The number of pyridine rings is 2. The number of fused-ring (bicyclic) bond motifs is 4. The van der Waals surface area contributed by atoms with E-state index in [0.29, 0.717) is 49.8 Å². The second kappa shape index (κ2) is 16.6. The number of hydrogen-bond acceptors (Lipinski definition) is 9. The molecule has 6 heterocycles. The summed E-state index contributed by atoms with van der Waals surface area (Å²) in [5, 5.41) is 4.90. The van der Waals surface area contributed by atoms with Crippen LogP contribution in [-0.4, -0.2) is 105 Å². The maximum Gasteiger partial charge on any atom is 0.405 e. The molecule has 2 saturated heterocycles. The third kappa shape index (κ3) is 8.08. The summed E-state index contributed by atoms with van der Waals surface area (Å²) in [5.74, 6) is -1.08. The predicted molar refractivity (Wildman–Crippen MR) is 224 cm³/mol. The van der Waals surface area contributed by atoms with Crippen molar-refractivity contribution in [1.82, 2.24) is 29.7 Å². The van der Waals surface area contributed by atoms with Gasteiger partial charge in [0.05, 0.1) is 22.7 Å². The molecule has 3 fully saturated rings. The van der Waals surface area contributed by atoms with Crippen molar-refractivity contribution in [3.63, 3.8) is 0 Å². The lowest BCUT2D eigenvalue weighted by Gasteiger charge is -2.43. The Hall–Kier alpha value is -5.80. The molecule has 61 heavy (non-hydrogen) atoms. The zero-order chi connectivity index (χ0) is 42.4. The van der Waals surface area contributed by atoms with Gasteiger partial charge in [-0.3, -0.25) is 29.2 Å². The lowest BCUT2D eigenvalue weighted by atomic mass is 9.92. The molecule has 4 aliphatic rings. The molecule has 0 spiro atoms. The molecule has 5 aromatic rings. The van der Waals surface area contributed by atoms with Crippen molar-refractivity contribution in [3.05, 3.63) is 96.6 Å². The number of hydrogen-bond donors (Lipinski definition) is 1. The van der Waals surface area contributed by atoms with Gasteiger partial charge in [-0.05, 0) is 74.2 Å². The summed E-state index contributed by atoms with van der Waals surface area (Å²) in [4.78, 5) is 52.0. The van der Waals surface area contributed by atoms with Gasteiger partial charge in [0, 0.05) is 104 Å². The van der Waals surface area contributed by atoms with Gasteiger partial charge in [-0.15, -0.1) is 0 Å². The standard InChI is InChI=1S/C46H48F3N7O5/c1-28-7-13-39(43(57)52-28)56-44(58)35-12-10-31(22-36(35)45(56)59)55-19-18-54(41(27-55)46(47,48)49)17-5-3-4-6-20-60-32-23-33(24-32)61-42-14-9-30(25-51-42)29-8-11-34-37-26-50-16-15-38(37)53(2)40(34)21-29/h8-12,14-16,21-22,25-26,32-33,39,41H,1,3-7,13,17-20,23-24,27H2,2H3,(H,52,57). The van der Waals surface area contributed by atoms with Crippen LogP contribution in [0.5, 0.6) is 5.88 Å². The molecule has 2 unspecified atom stereocenters. The monoisotopic (exact) mass is 835 g/mol. The van der Waals surface area contributed by atoms with Gasteiger partial charge in [-0.25, -0.2) is 4.98 Å². The van der Waals surface area contributed by atoms with Crippen LogP contribution in [0.3, 0.4) is 0 Å². The number of unbranched alkanes of at least 4 members (excludes halogenated alkanes) is 3. The van der Waals surface area contributed by atoms with E-state index < -0.39 is 36.0 Å². The van der Waals surface area contributed by atoms with E-state index >= 15 is 0 Å². The summed E-state index contributed by atoms with van der Waals surface area (Å²) in [6, 6.07) is 14.3. The molecule has 15 heteroatoms. The van der Waals surface area contributed by atoms with E-state index in [9.17, 15) is 27.6 Å². The topological polar surface area (TPSA) is 122 Å². The number of ether oxygens (including phenoxy) is 2. The summed E-state index contributed by atoms with van der Waals surface area (Å²) in [7, 11) is 2.06. The molecule has 2 aromatic carbocycles. The largest absolute Gasteiger partial charge is 0.474 e. The van der Waals surface area contributed by atoms with E-state index in [1.54, 1.807) is 11.0 Å². The maximum absolute atomic E-state index is 14.4. The SMILES string of the molecule is C=C1CCC(N2C(=O)c3ccc(N4CCN(CCCCCCOC5CC(Oc6ccc(-c7ccc8c9cnccc9n(C)c8c7)cn6)C5)C(C(F)(F)F)C4)cc3C2=O)C(=O)N1. The number of carbonyl (C=O) groups excluding carboxylic acids is 3. The molecule has 0 bridgehead atoms. The van der Waals surface area contributed by atoms with E-state index in [2.05, 4.69) is 51.7 Å². The number of piperidine rings is 1. The second-order valence-corrected chi connectivity index (χ2v) is 16.6. The summed E-state index contributed by atoms with van der Waals surface area (Å²) in [6.45, 7) is 4.93. The molecule has 1 saturated carbocycles. The zero-order valence-electron chi connectivity index (χ0n) is 34.0. The van der Waals surface area contributed by atoms with Crippen molar-refractivity contribution >= 4 is 45.2 Å². The average molecular weight is 836 g/mol. The van der Waals surface area contributed by atoms with Crippen LogP contribution in [0.2, 0.25) is 0 Å². The number of piperazine rings is 1. The smallest absolute Gasteiger partial charge is 0.405 e. The van der Waals surface area contributed by atoms with Crippen LogP contribution in [0.25, 0.3) is 32.9 Å². The van der Waals surface area contributed by atoms with Crippen molar-refractivity contribution in [2.45, 2.75) is 81.8 Å². The van der Waals surface area contributed by atoms with Gasteiger partial charge in [-0.1, -0.05) is 31.6 Å². The van der Waals surface area contributed by atoms with Gasteiger partial charge in [0.15, 0.2) is 0 Å². The van der Waals surface area contributed by atoms with E-state index in [4.69, 9.17) is 9.47 Å². The number of benzene rings is 2. The number of carbonyl (C=O) groups is 3. The van der Waals surface area contributed by atoms with Crippen LogP contribution in [0.15, 0.2) is 85.5 Å². The van der Waals surface area contributed by atoms with Crippen molar-refractivity contribution in [2.24, 2.45) is 7.05 Å². The number of halogens is 3. The Morgan fingerprint density at radius 2 is 1.66 bits per heavy atom. The van der Waals surface area contributed by atoms with Gasteiger partial charge in [0.1, 0.15) is 18.2 Å². The number of anilines is 1. The number of imide groups is 1. The van der Waals surface area contributed by atoms with Crippen molar-refractivity contribution in [2.75, 3.05) is 37.7 Å². The Kier molecular flexibility index (Phi) is 11.0. The van der Waals surface area contributed by atoms with Crippen LogP contribution < -0.4 is 15.0 Å². The summed E-state index contributed by atoms with van der Waals surface area (Å²) in [6.07, 6.45) is 6.69. The fraction of sp³-hybridized carbons (Fsp3) is 0.413. The van der Waals surface area contributed by atoms with E-state index in [-0.39, 0.29) is 42.8 Å². The first-order valence-corrected chi connectivity index (χ1v) is 21.1. The Bertz CT molecular complexity index is 2500. The van der Waals surface area contributed by atoms with Gasteiger partial charge in [0.2, 0.25) is 11.8 Å². The van der Waals surface area contributed by atoms with Gasteiger partial charge in [0.25, 0.3) is 11.8 Å².